The summed E-state index contributed by atoms with van der Waals surface area (Å²) in [5, 5.41) is 2.91. The van der Waals surface area contributed by atoms with Crippen LogP contribution in [0.4, 0.5) is 4.39 Å². The van der Waals surface area contributed by atoms with Gasteiger partial charge in [0.05, 0.1) is 4.88 Å². The van der Waals surface area contributed by atoms with Gasteiger partial charge in [0.1, 0.15) is 5.82 Å². The maximum atomic E-state index is 13.0. The van der Waals surface area contributed by atoms with Crippen molar-refractivity contribution in [3.63, 3.8) is 0 Å². The summed E-state index contributed by atoms with van der Waals surface area (Å²) < 4.78 is 13.0. The maximum Gasteiger partial charge on any atom is 0.261 e. The molecule has 2 aromatic rings. The molecule has 0 spiro atoms. The summed E-state index contributed by atoms with van der Waals surface area (Å²) in [7, 11) is 0. The molecule has 1 aliphatic carbocycles. The third kappa shape index (κ3) is 3.36. The van der Waals surface area contributed by atoms with Crippen LogP contribution in [0, 0.1) is 18.7 Å². The molecule has 0 aliphatic heterocycles. The number of benzene rings is 1. The smallest absolute Gasteiger partial charge is 0.261 e. The van der Waals surface area contributed by atoms with Gasteiger partial charge in [0.25, 0.3) is 5.91 Å². The number of hydrogen-bond acceptors (Lipinski definition) is 3. The first-order chi connectivity index (χ1) is 10.5. The van der Waals surface area contributed by atoms with E-state index >= 15 is 0 Å². The highest BCUT2D eigenvalue weighted by atomic mass is 32.1. The van der Waals surface area contributed by atoms with Gasteiger partial charge >= 0.3 is 0 Å². The molecule has 3 N–H and O–H groups in total. The van der Waals surface area contributed by atoms with Gasteiger partial charge < -0.3 is 11.1 Å². The van der Waals surface area contributed by atoms with E-state index < -0.39 is 0 Å². The minimum atomic E-state index is -0.260. The third-order valence-corrected chi connectivity index (χ3v) is 5.07. The first-order valence-corrected chi connectivity index (χ1v) is 8.26. The normalized spacial score (nSPS) is 15.6. The lowest BCUT2D eigenvalue weighted by Crippen LogP contribution is -2.38. The van der Waals surface area contributed by atoms with E-state index in [1.807, 2.05) is 13.0 Å². The Morgan fingerprint density at radius 1 is 1.41 bits per heavy atom. The van der Waals surface area contributed by atoms with Gasteiger partial charge in [0, 0.05) is 17.5 Å². The molecule has 3 rings (SSSR count). The van der Waals surface area contributed by atoms with E-state index in [1.54, 1.807) is 12.1 Å². The quantitative estimate of drug-likeness (QED) is 0.888. The average Bonchev–Trinajstić information content (AvgIpc) is 3.28. The summed E-state index contributed by atoms with van der Waals surface area (Å²) in [5.41, 5.74) is 7.89. The second-order valence-electron chi connectivity index (χ2n) is 5.80. The number of nitrogens with two attached hydrogens (primary N) is 1. The van der Waals surface area contributed by atoms with E-state index in [0.717, 1.165) is 16.0 Å². The van der Waals surface area contributed by atoms with Gasteiger partial charge in [0.2, 0.25) is 0 Å². The Labute approximate surface area is 133 Å². The van der Waals surface area contributed by atoms with Crippen LogP contribution in [-0.4, -0.2) is 18.5 Å². The molecule has 0 radical (unpaired) electrons. The Morgan fingerprint density at radius 2 is 2.09 bits per heavy atom. The summed E-state index contributed by atoms with van der Waals surface area (Å²) in [6.07, 6.45) is 2.34. The van der Waals surface area contributed by atoms with Gasteiger partial charge in [-0.3, -0.25) is 4.79 Å². The fraction of sp³-hybridized carbons (Fsp3) is 0.353. The topological polar surface area (TPSA) is 55.1 Å². The molecule has 1 saturated carbocycles. The van der Waals surface area contributed by atoms with Crippen LogP contribution in [-0.2, 0) is 0 Å². The molecule has 1 aromatic heterocycles. The third-order valence-electron chi connectivity index (χ3n) is 4.02. The van der Waals surface area contributed by atoms with Crippen molar-refractivity contribution in [3.8, 4) is 11.1 Å². The zero-order valence-electron chi connectivity index (χ0n) is 12.4. The lowest BCUT2D eigenvalue weighted by Gasteiger charge is -2.10. The predicted molar refractivity (Wildman–Crippen MR) is 87.5 cm³/mol. The van der Waals surface area contributed by atoms with Crippen molar-refractivity contribution >= 4 is 17.2 Å². The lowest BCUT2D eigenvalue weighted by atomic mass is 10.1. The molecule has 3 nitrogen and oxygen atoms in total. The minimum Gasteiger partial charge on any atom is -0.350 e. The van der Waals surface area contributed by atoms with E-state index in [4.69, 9.17) is 5.73 Å². The van der Waals surface area contributed by atoms with Gasteiger partial charge in [-0.2, -0.15) is 0 Å². The fourth-order valence-corrected chi connectivity index (χ4v) is 3.46. The Balaban J connectivity index is 1.70. The highest BCUT2D eigenvalue weighted by Crippen LogP contribution is 2.32. The van der Waals surface area contributed by atoms with Crippen LogP contribution < -0.4 is 11.1 Å². The molecule has 1 heterocycles. The molecule has 0 saturated heterocycles. The standard InChI is InChI=1S/C17H19FN2OS/c1-10-14(11-4-6-13(18)7-5-11)8-16(22-10)17(21)20-9-15(19)12-2-3-12/h4-8,12,15H,2-3,9,19H2,1H3,(H,20,21). The summed E-state index contributed by atoms with van der Waals surface area (Å²) in [4.78, 5) is 13.9. The number of thiophene rings is 1. The zero-order chi connectivity index (χ0) is 15.7. The van der Waals surface area contributed by atoms with Crippen LogP contribution in [0.3, 0.4) is 0 Å². The van der Waals surface area contributed by atoms with Crippen LogP contribution in [0.5, 0.6) is 0 Å². The number of carbonyl (C=O) groups excluding carboxylic acids is 1. The van der Waals surface area contributed by atoms with Gasteiger partial charge in [-0.1, -0.05) is 12.1 Å². The number of nitrogens with one attached hydrogen (secondary N) is 1. The van der Waals surface area contributed by atoms with Crippen LogP contribution in [0.25, 0.3) is 11.1 Å². The molecule has 1 unspecified atom stereocenters. The first-order valence-electron chi connectivity index (χ1n) is 7.45. The number of amides is 1. The highest BCUT2D eigenvalue weighted by molar-refractivity contribution is 7.14. The molecule has 5 heteroatoms. The van der Waals surface area contributed by atoms with E-state index in [2.05, 4.69) is 5.32 Å². The molecule has 1 aromatic carbocycles. The summed E-state index contributed by atoms with van der Waals surface area (Å²) in [6, 6.07) is 8.25. The van der Waals surface area contributed by atoms with Crippen molar-refractivity contribution in [1.82, 2.24) is 5.32 Å². The summed E-state index contributed by atoms with van der Waals surface area (Å²) in [5.74, 6) is 0.223. The van der Waals surface area contributed by atoms with Gasteiger partial charge in [0.15, 0.2) is 0 Å². The van der Waals surface area contributed by atoms with E-state index in [-0.39, 0.29) is 17.8 Å². The van der Waals surface area contributed by atoms with Crippen molar-refractivity contribution in [3.05, 3.63) is 45.9 Å². The monoisotopic (exact) mass is 318 g/mol. The lowest BCUT2D eigenvalue weighted by molar-refractivity contribution is 0.0954. The van der Waals surface area contributed by atoms with Crippen molar-refractivity contribution in [2.24, 2.45) is 11.7 Å². The van der Waals surface area contributed by atoms with E-state index in [0.29, 0.717) is 17.3 Å². The van der Waals surface area contributed by atoms with Crippen LogP contribution in [0.2, 0.25) is 0 Å². The minimum absolute atomic E-state index is 0.0570. The Hall–Kier alpha value is -1.72. The maximum absolute atomic E-state index is 13.0. The zero-order valence-corrected chi connectivity index (χ0v) is 13.3. The molecule has 116 valence electrons. The molecule has 1 amide bonds. The molecule has 0 bridgehead atoms. The molecule has 1 fully saturated rings. The van der Waals surface area contributed by atoms with E-state index in [9.17, 15) is 9.18 Å². The average molecular weight is 318 g/mol. The van der Waals surface area contributed by atoms with Gasteiger partial charge in [-0.15, -0.1) is 11.3 Å². The van der Waals surface area contributed by atoms with Crippen LogP contribution in [0.1, 0.15) is 27.4 Å². The number of aryl methyl sites for hydroxylation is 1. The molecular formula is C17H19FN2OS. The Kier molecular flexibility index (Phi) is 4.27. The van der Waals surface area contributed by atoms with Gasteiger partial charge in [-0.05, 0) is 55.0 Å². The fourth-order valence-electron chi connectivity index (χ4n) is 2.50. The van der Waals surface area contributed by atoms with Crippen molar-refractivity contribution in [1.29, 1.82) is 0 Å². The second-order valence-corrected chi connectivity index (χ2v) is 7.06. The number of hydrogen-bond donors (Lipinski definition) is 2. The number of carbonyl (C=O) groups is 1. The second kappa shape index (κ2) is 6.18. The highest BCUT2D eigenvalue weighted by Gasteiger charge is 2.28. The summed E-state index contributed by atoms with van der Waals surface area (Å²) in [6.45, 7) is 2.49. The molecule has 1 aliphatic rings. The summed E-state index contributed by atoms with van der Waals surface area (Å²) >= 11 is 1.45. The largest absolute Gasteiger partial charge is 0.350 e. The first kappa shape index (κ1) is 15.2. The van der Waals surface area contributed by atoms with E-state index in [1.165, 1.54) is 36.3 Å². The van der Waals surface area contributed by atoms with Crippen molar-refractivity contribution < 1.29 is 9.18 Å². The SMILES string of the molecule is Cc1sc(C(=O)NCC(N)C2CC2)cc1-c1ccc(F)cc1. The predicted octanol–water partition coefficient (Wildman–Crippen LogP) is 3.33. The molecule has 22 heavy (non-hydrogen) atoms. The molecule has 1 atom stereocenters. The Bertz CT molecular complexity index is 676. The molecular weight excluding hydrogens is 299 g/mol. The van der Waals surface area contributed by atoms with Gasteiger partial charge in [-0.25, -0.2) is 4.39 Å². The Morgan fingerprint density at radius 3 is 2.73 bits per heavy atom. The number of halogens is 1. The van der Waals surface area contributed by atoms with Crippen LogP contribution >= 0.6 is 11.3 Å². The van der Waals surface area contributed by atoms with Crippen LogP contribution in [0.15, 0.2) is 30.3 Å². The van der Waals surface area contributed by atoms with Crippen molar-refractivity contribution in [2.45, 2.75) is 25.8 Å². The van der Waals surface area contributed by atoms with Crippen molar-refractivity contribution in [2.75, 3.05) is 6.54 Å². The number of rotatable bonds is 5.